The zero-order valence-electron chi connectivity index (χ0n) is 12.5. The van der Waals surface area contributed by atoms with E-state index >= 15 is 0 Å². The Balaban J connectivity index is 1.47. The monoisotopic (exact) mass is 278 g/mol. The summed E-state index contributed by atoms with van der Waals surface area (Å²) in [5.74, 6) is 0. The molecule has 5 nitrogen and oxygen atoms in total. The number of aromatic nitrogens is 2. The average molecular weight is 278 g/mol. The van der Waals surface area contributed by atoms with Gasteiger partial charge in [-0.25, -0.2) is 0 Å². The fourth-order valence-electron chi connectivity index (χ4n) is 3.20. The molecule has 3 rings (SSSR count). The maximum absolute atomic E-state index is 5.39. The molecule has 0 aromatic carbocycles. The van der Waals surface area contributed by atoms with Crippen molar-refractivity contribution in [2.45, 2.75) is 45.2 Å². The van der Waals surface area contributed by atoms with E-state index < -0.39 is 0 Å². The molecule has 1 aliphatic carbocycles. The number of nitrogens with zero attached hydrogens (tertiary/aromatic N) is 2. The molecule has 0 bridgehead atoms. The van der Waals surface area contributed by atoms with E-state index in [1.807, 2.05) is 0 Å². The molecule has 0 saturated carbocycles. The zero-order chi connectivity index (χ0) is 13.8. The molecule has 1 atom stereocenters. The minimum absolute atomic E-state index is 0.490. The maximum atomic E-state index is 5.39. The Morgan fingerprint density at radius 1 is 1.30 bits per heavy atom. The van der Waals surface area contributed by atoms with E-state index in [9.17, 15) is 0 Å². The second-order valence-corrected chi connectivity index (χ2v) is 6.03. The van der Waals surface area contributed by atoms with Crippen LogP contribution in [-0.4, -0.2) is 54.0 Å². The number of aryl methyl sites for hydroxylation is 1. The number of H-pyrrole nitrogens is 1. The third-order valence-corrected chi connectivity index (χ3v) is 4.40. The number of aromatic amines is 1. The summed E-state index contributed by atoms with van der Waals surface area (Å²) in [6, 6.07) is 0.490. The van der Waals surface area contributed by atoms with Gasteiger partial charge in [0.15, 0.2) is 0 Å². The maximum Gasteiger partial charge on any atom is 0.0794 e. The van der Waals surface area contributed by atoms with Gasteiger partial charge in [0.1, 0.15) is 0 Å². The van der Waals surface area contributed by atoms with Gasteiger partial charge in [0.25, 0.3) is 0 Å². The lowest BCUT2D eigenvalue weighted by Crippen LogP contribution is -2.44. The minimum atomic E-state index is 0.490. The summed E-state index contributed by atoms with van der Waals surface area (Å²) in [4.78, 5) is 2.47. The van der Waals surface area contributed by atoms with Gasteiger partial charge in [-0.05, 0) is 38.2 Å². The summed E-state index contributed by atoms with van der Waals surface area (Å²) >= 11 is 0. The molecule has 0 amide bonds. The number of morpholine rings is 1. The molecule has 20 heavy (non-hydrogen) atoms. The van der Waals surface area contributed by atoms with Crippen molar-refractivity contribution < 1.29 is 4.74 Å². The van der Waals surface area contributed by atoms with Crippen molar-refractivity contribution in [2.75, 3.05) is 32.8 Å². The first kappa shape index (κ1) is 14.0. The van der Waals surface area contributed by atoms with Gasteiger partial charge in [-0.1, -0.05) is 0 Å². The topological polar surface area (TPSA) is 53.2 Å². The van der Waals surface area contributed by atoms with Gasteiger partial charge in [-0.3, -0.25) is 10.00 Å². The summed E-state index contributed by atoms with van der Waals surface area (Å²) in [7, 11) is 0. The van der Waals surface area contributed by atoms with Crippen molar-refractivity contribution in [3.05, 3.63) is 17.0 Å². The highest BCUT2D eigenvalue weighted by atomic mass is 16.5. The van der Waals surface area contributed by atoms with Crippen LogP contribution in [0.15, 0.2) is 0 Å². The van der Waals surface area contributed by atoms with Crippen molar-refractivity contribution in [1.82, 2.24) is 20.4 Å². The van der Waals surface area contributed by atoms with Crippen molar-refractivity contribution in [1.29, 1.82) is 0 Å². The lowest BCUT2D eigenvalue weighted by atomic mass is 9.96. The highest BCUT2D eigenvalue weighted by molar-refractivity contribution is 5.27. The summed E-state index contributed by atoms with van der Waals surface area (Å²) in [5.41, 5.74) is 4.07. The van der Waals surface area contributed by atoms with Crippen LogP contribution in [0.3, 0.4) is 0 Å². The van der Waals surface area contributed by atoms with E-state index in [1.165, 1.54) is 42.6 Å². The molecule has 0 radical (unpaired) electrons. The Morgan fingerprint density at radius 3 is 2.95 bits per heavy atom. The van der Waals surface area contributed by atoms with Crippen molar-refractivity contribution >= 4 is 0 Å². The van der Waals surface area contributed by atoms with E-state index in [4.69, 9.17) is 4.74 Å². The normalized spacial score (nSPS) is 21.6. The largest absolute Gasteiger partial charge is 0.379 e. The van der Waals surface area contributed by atoms with Crippen LogP contribution >= 0.6 is 0 Å². The summed E-state index contributed by atoms with van der Waals surface area (Å²) in [5, 5.41) is 11.3. The first-order valence-corrected chi connectivity index (χ1v) is 7.91. The Hall–Kier alpha value is -0.910. The van der Waals surface area contributed by atoms with Gasteiger partial charge in [0, 0.05) is 37.9 Å². The van der Waals surface area contributed by atoms with Crippen LogP contribution in [0.1, 0.15) is 36.7 Å². The SMILES string of the molecule is CC(CN1CCOCC1)NCc1n[nH]c2c1CCCC2. The van der Waals surface area contributed by atoms with Crippen molar-refractivity contribution in [3.63, 3.8) is 0 Å². The Kier molecular flexibility index (Phi) is 4.70. The van der Waals surface area contributed by atoms with Gasteiger partial charge in [0.2, 0.25) is 0 Å². The molecule has 2 heterocycles. The Labute approximate surface area is 121 Å². The third kappa shape index (κ3) is 3.40. The summed E-state index contributed by atoms with van der Waals surface area (Å²) < 4.78 is 5.39. The smallest absolute Gasteiger partial charge is 0.0794 e. The van der Waals surface area contributed by atoms with Crippen LogP contribution in [-0.2, 0) is 24.1 Å². The van der Waals surface area contributed by atoms with Gasteiger partial charge in [0.05, 0.1) is 18.9 Å². The van der Waals surface area contributed by atoms with Crippen LogP contribution in [0.25, 0.3) is 0 Å². The summed E-state index contributed by atoms with van der Waals surface area (Å²) in [6.07, 6.45) is 4.98. The molecule has 1 fully saturated rings. The summed E-state index contributed by atoms with van der Waals surface area (Å²) in [6.45, 7) is 8.11. The second kappa shape index (κ2) is 6.70. The predicted molar refractivity (Wildman–Crippen MR) is 78.8 cm³/mol. The number of fused-ring (bicyclic) bond motifs is 1. The highest BCUT2D eigenvalue weighted by Crippen LogP contribution is 2.21. The fraction of sp³-hybridized carbons (Fsp3) is 0.800. The molecule has 5 heteroatoms. The number of ether oxygens (including phenoxy) is 1. The van der Waals surface area contributed by atoms with E-state index in [0.29, 0.717) is 6.04 Å². The molecule has 0 spiro atoms. The molecule has 2 N–H and O–H groups in total. The molecule has 2 aliphatic rings. The van der Waals surface area contributed by atoms with Gasteiger partial charge >= 0.3 is 0 Å². The number of hydrogen-bond donors (Lipinski definition) is 2. The van der Waals surface area contributed by atoms with Crippen LogP contribution in [0.5, 0.6) is 0 Å². The number of rotatable bonds is 5. The zero-order valence-corrected chi connectivity index (χ0v) is 12.5. The molecular formula is C15H26N4O. The lowest BCUT2D eigenvalue weighted by molar-refractivity contribution is 0.0343. The minimum Gasteiger partial charge on any atom is -0.379 e. The quantitative estimate of drug-likeness (QED) is 0.847. The van der Waals surface area contributed by atoms with Gasteiger partial charge in [-0.2, -0.15) is 5.10 Å². The molecule has 1 unspecified atom stereocenters. The lowest BCUT2D eigenvalue weighted by Gasteiger charge is -2.29. The predicted octanol–water partition coefficient (Wildman–Crippen LogP) is 1.10. The third-order valence-electron chi connectivity index (χ3n) is 4.40. The van der Waals surface area contributed by atoms with Crippen molar-refractivity contribution in [3.8, 4) is 0 Å². The standard InChI is InChI=1S/C15H26N4O/c1-12(11-19-6-8-20-9-7-19)16-10-15-13-4-2-3-5-14(13)17-18-15/h12,16H,2-11H2,1H3,(H,17,18). The highest BCUT2D eigenvalue weighted by Gasteiger charge is 2.18. The van der Waals surface area contributed by atoms with E-state index in [0.717, 1.165) is 39.4 Å². The van der Waals surface area contributed by atoms with Crippen LogP contribution in [0.4, 0.5) is 0 Å². The average Bonchev–Trinajstić information content (AvgIpc) is 2.89. The first-order chi connectivity index (χ1) is 9.83. The van der Waals surface area contributed by atoms with Gasteiger partial charge < -0.3 is 10.1 Å². The van der Waals surface area contributed by atoms with Crippen LogP contribution in [0.2, 0.25) is 0 Å². The molecular weight excluding hydrogens is 252 g/mol. The van der Waals surface area contributed by atoms with Crippen LogP contribution < -0.4 is 5.32 Å². The molecule has 1 aromatic heterocycles. The second-order valence-electron chi connectivity index (χ2n) is 6.03. The molecule has 1 aliphatic heterocycles. The fourth-order valence-corrected chi connectivity index (χ4v) is 3.20. The van der Waals surface area contributed by atoms with E-state index in [-0.39, 0.29) is 0 Å². The van der Waals surface area contributed by atoms with Crippen molar-refractivity contribution in [2.24, 2.45) is 0 Å². The number of nitrogens with one attached hydrogen (secondary N) is 2. The molecule has 112 valence electrons. The van der Waals surface area contributed by atoms with Crippen LogP contribution in [0, 0.1) is 0 Å². The van der Waals surface area contributed by atoms with Gasteiger partial charge in [-0.15, -0.1) is 0 Å². The Bertz CT molecular complexity index is 426. The first-order valence-electron chi connectivity index (χ1n) is 7.91. The van der Waals surface area contributed by atoms with E-state index in [2.05, 4.69) is 27.3 Å². The molecule has 1 aromatic rings. The van der Waals surface area contributed by atoms with E-state index in [1.54, 1.807) is 0 Å². The Morgan fingerprint density at radius 2 is 2.10 bits per heavy atom. The molecule has 1 saturated heterocycles. The number of hydrogen-bond acceptors (Lipinski definition) is 4.